The molecular formula is C16H12N2O3. The summed E-state index contributed by atoms with van der Waals surface area (Å²) >= 11 is 0. The van der Waals surface area contributed by atoms with E-state index in [0.29, 0.717) is 5.56 Å². The van der Waals surface area contributed by atoms with Gasteiger partial charge in [-0.2, -0.15) is 5.26 Å². The first-order chi connectivity index (χ1) is 10.1. The van der Waals surface area contributed by atoms with Crippen molar-refractivity contribution in [2.24, 2.45) is 0 Å². The van der Waals surface area contributed by atoms with Crippen molar-refractivity contribution in [3.8, 4) is 6.07 Å². The van der Waals surface area contributed by atoms with Crippen molar-refractivity contribution in [1.29, 1.82) is 5.26 Å². The number of ketones is 1. The predicted molar refractivity (Wildman–Crippen MR) is 77.0 cm³/mol. The van der Waals surface area contributed by atoms with Crippen LogP contribution in [0.1, 0.15) is 27.4 Å². The Morgan fingerprint density at radius 2 is 1.81 bits per heavy atom. The second kappa shape index (κ2) is 5.97. The third-order valence-electron chi connectivity index (χ3n) is 3.26. The van der Waals surface area contributed by atoms with E-state index in [-0.39, 0.29) is 11.3 Å². The molecule has 104 valence electrons. The normalized spacial score (nSPS) is 11.4. The molecule has 1 atom stereocenters. The number of Topliss-reactive ketones (excluding diaryl/α,β-unsaturated/α-hetero) is 1. The van der Waals surface area contributed by atoms with Gasteiger partial charge >= 0.3 is 0 Å². The highest BCUT2D eigenvalue weighted by Crippen LogP contribution is 2.27. The van der Waals surface area contributed by atoms with Gasteiger partial charge in [-0.05, 0) is 24.1 Å². The number of hydrogen-bond acceptors (Lipinski definition) is 4. The maximum Gasteiger partial charge on any atom is 0.280 e. The van der Waals surface area contributed by atoms with Gasteiger partial charge in [0.1, 0.15) is 5.92 Å². The molecule has 2 rings (SSSR count). The number of nitro groups is 1. The van der Waals surface area contributed by atoms with Crippen LogP contribution in [0.3, 0.4) is 0 Å². The third-order valence-corrected chi connectivity index (χ3v) is 3.26. The molecule has 0 aliphatic rings. The number of benzene rings is 2. The van der Waals surface area contributed by atoms with Crippen molar-refractivity contribution in [1.82, 2.24) is 0 Å². The molecule has 0 heterocycles. The van der Waals surface area contributed by atoms with E-state index in [4.69, 9.17) is 0 Å². The van der Waals surface area contributed by atoms with Gasteiger partial charge in [0.2, 0.25) is 0 Å². The first kappa shape index (κ1) is 14.4. The van der Waals surface area contributed by atoms with Crippen molar-refractivity contribution in [3.05, 3.63) is 75.3 Å². The van der Waals surface area contributed by atoms with Crippen molar-refractivity contribution >= 4 is 11.5 Å². The number of nitrogens with zero attached hydrogens (tertiary/aromatic N) is 2. The molecule has 2 aromatic carbocycles. The van der Waals surface area contributed by atoms with Crippen LogP contribution in [0, 0.1) is 28.4 Å². The lowest BCUT2D eigenvalue weighted by molar-refractivity contribution is -0.385. The Morgan fingerprint density at radius 3 is 2.43 bits per heavy atom. The second-order valence-corrected chi connectivity index (χ2v) is 4.56. The number of rotatable bonds is 4. The van der Waals surface area contributed by atoms with E-state index in [1.165, 1.54) is 18.2 Å². The highest BCUT2D eigenvalue weighted by atomic mass is 16.6. The van der Waals surface area contributed by atoms with E-state index in [0.717, 1.165) is 5.56 Å². The predicted octanol–water partition coefficient (Wildman–Crippen LogP) is 3.39. The Hall–Kier alpha value is -3.00. The van der Waals surface area contributed by atoms with E-state index in [1.807, 2.05) is 12.1 Å². The van der Waals surface area contributed by atoms with Crippen LogP contribution >= 0.6 is 0 Å². The Kier molecular flexibility index (Phi) is 4.10. The molecule has 0 saturated carbocycles. The van der Waals surface area contributed by atoms with E-state index in [1.54, 1.807) is 31.2 Å². The molecule has 1 unspecified atom stereocenters. The molecule has 0 aliphatic carbocycles. The standard InChI is InChI=1S/C16H12N2O3/c1-11-6-2-3-7-12(11)14(10-17)16(19)13-8-4-5-9-15(13)18(20)21/h2-9,14H,1H3. The van der Waals surface area contributed by atoms with Gasteiger partial charge in [0.25, 0.3) is 5.69 Å². The van der Waals surface area contributed by atoms with Gasteiger partial charge in [-0.25, -0.2) is 0 Å². The summed E-state index contributed by atoms with van der Waals surface area (Å²) in [5, 5.41) is 20.3. The first-order valence-electron chi connectivity index (χ1n) is 6.29. The smallest absolute Gasteiger partial charge is 0.280 e. The van der Waals surface area contributed by atoms with Crippen LogP contribution in [-0.4, -0.2) is 10.7 Å². The summed E-state index contributed by atoms with van der Waals surface area (Å²) in [4.78, 5) is 22.9. The van der Waals surface area contributed by atoms with E-state index >= 15 is 0 Å². The van der Waals surface area contributed by atoms with E-state index in [2.05, 4.69) is 0 Å². The molecule has 5 nitrogen and oxygen atoms in total. The van der Waals surface area contributed by atoms with Crippen molar-refractivity contribution < 1.29 is 9.72 Å². The zero-order chi connectivity index (χ0) is 15.4. The van der Waals surface area contributed by atoms with Crippen LogP contribution in [0.4, 0.5) is 5.69 Å². The fraction of sp³-hybridized carbons (Fsp3) is 0.125. The topological polar surface area (TPSA) is 84.0 Å². The molecule has 5 heteroatoms. The number of carbonyl (C=O) groups excluding carboxylic acids is 1. The molecule has 0 fully saturated rings. The Bertz CT molecular complexity index is 747. The molecule has 0 bridgehead atoms. The van der Waals surface area contributed by atoms with E-state index in [9.17, 15) is 20.2 Å². The SMILES string of the molecule is Cc1ccccc1C(C#N)C(=O)c1ccccc1[N+](=O)[O-]. The van der Waals surface area contributed by atoms with Gasteiger partial charge in [-0.1, -0.05) is 36.4 Å². The van der Waals surface area contributed by atoms with Crippen LogP contribution in [-0.2, 0) is 0 Å². The first-order valence-corrected chi connectivity index (χ1v) is 6.29. The molecule has 0 spiro atoms. The van der Waals surface area contributed by atoms with Gasteiger partial charge in [-0.3, -0.25) is 14.9 Å². The minimum absolute atomic E-state index is 0.0442. The van der Waals surface area contributed by atoms with Crippen LogP contribution in [0.5, 0.6) is 0 Å². The summed E-state index contributed by atoms with van der Waals surface area (Å²) in [6.07, 6.45) is 0. The molecule has 2 aromatic rings. The molecule has 0 amide bonds. The van der Waals surface area contributed by atoms with Crippen molar-refractivity contribution in [3.63, 3.8) is 0 Å². The molecule has 21 heavy (non-hydrogen) atoms. The maximum absolute atomic E-state index is 12.5. The van der Waals surface area contributed by atoms with Crippen LogP contribution in [0.25, 0.3) is 0 Å². The third kappa shape index (κ3) is 2.79. The largest absolute Gasteiger partial charge is 0.292 e. The number of aryl methyl sites for hydroxylation is 1. The highest BCUT2D eigenvalue weighted by molar-refractivity contribution is 6.05. The molecular weight excluding hydrogens is 268 g/mol. The van der Waals surface area contributed by atoms with Crippen molar-refractivity contribution in [2.45, 2.75) is 12.8 Å². The van der Waals surface area contributed by atoms with E-state index < -0.39 is 16.6 Å². The number of nitro benzene ring substituents is 1. The average Bonchev–Trinajstić information content (AvgIpc) is 2.49. The Balaban J connectivity index is 2.51. The summed E-state index contributed by atoms with van der Waals surface area (Å²) in [5.41, 5.74) is 1.05. The average molecular weight is 280 g/mol. The summed E-state index contributed by atoms with van der Waals surface area (Å²) in [7, 11) is 0. The summed E-state index contributed by atoms with van der Waals surface area (Å²) < 4.78 is 0. The fourth-order valence-electron chi connectivity index (χ4n) is 2.18. The number of hydrogen-bond donors (Lipinski definition) is 0. The summed E-state index contributed by atoms with van der Waals surface area (Å²) in [6, 6.07) is 14.7. The lowest BCUT2D eigenvalue weighted by Crippen LogP contribution is -2.14. The summed E-state index contributed by atoms with van der Waals surface area (Å²) in [5.74, 6) is -1.61. The minimum Gasteiger partial charge on any atom is -0.292 e. The zero-order valence-corrected chi connectivity index (χ0v) is 11.3. The number of para-hydroxylation sites is 1. The van der Waals surface area contributed by atoms with Crippen LogP contribution in [0.15, 0.2) is 48.5 Å². The second-order valence-electron chi connectivity index (χ2n) is 4.56. The minimum atomic E-state index is -1.05. The highest BCUT2D eigenvalue weighted by Gasteiger charge is 2.28. The lowest BCUT2D eigenvalue weighted by atomic mass is 9.88. The maximum atomic E-state index is 12.5. The summed E-state index contributed by atoms with van der Waals surface area (Å²) in [6.45, 7) is 1.80. The van der Waals surface area contributed by atoms with Gasteiger partial charge in [0.05, 0.1) is 16.6 Å². The molecule has 0 saturated heterocycles. The van der Waals surface area contributed by atoms with Crippen LogP contribution in [0.2, 0.25) is 0 Å². The van der Waals surface area contributed by atoms with Crippen molar-refractivity contribution in [2.75, 3.05) is 0 Å². The Morgan fingerprint density at radius 1 is 1.19 bits per heavy atom. The van der Waals surface area contributed by atoms with Gasteiger partial charge in [0, 0.05) is 6.07 Å². The van der Waals surface area contributed by atoms with Crippen LogP contribution < -0.4 is 0 Å². The monoisotopic (exact) mass is 280 g/mol. The Labute approximate surface area is 121 Å². The van der Waals surface area contributed by atoms with Gasteiger partial charge in [-0.15, -0.1) is 0 Å². The molecule has 0 aliphatic heterocycles. The molecule has 0 aromatic heterocycles. The molecule has 0 N–H and O–H groups in total. The van der Waals surface area contributed by atoms with Gasteiger partial charge < -0.3 is 0 Å². The van der Waals surface area contributed by atoms with Gasteiger partial charge in [0.15, 0.2) is 5.78 Å². The molecule has 0 radical (unpaired) electrons. The number of nitriles is 1. The fourth-order valence-corrected chi connectivity index (χ4v) is 2.18. The number of carbonyl (C=O) groups is 1. The zero-order valence-electron chi connectivity index (χ0n) is 11.3. The quantitative estimate of drug-likeness (QED) is 0.488. The lowest BCUT2D eigenvalue weighted by Gasteiger charge is -2.11.